The van der Waals surface area contributed by atoms with Crippen molar-refractivity contribution >= 4 is 16.7 Å². The van der Waals surface area contributed by atoms with Gasteiger partial charge in [-0.15, -0.1) is 0 Å². The Bertz CT molecular complexity index is 1220. The maximum absolute atomic E-state index is 9.55. The second kappa shape index (κ2) is 10.0. The van der Waals surface area contributed by atoms with Crippen molar-refractivity contribution in [3.05, 3.63) is 41.3 Å². The Morgan fingerprint density at radius 3 is 2.61 bits per heavy atom. The Kier molecular flexibility index (Phi) is 6.64. The molecular weight excluding hydrogens is 456 g/mol. The zero-order valence-electron chi connectivity index (χ0n) is 21.3. The Hall–Kier alpha value is -2.59. The Labute approximate surface area is 212 Å². The van der Waals surface area contributed by atoms with Crippen molar-refractivity contribution in [1.82, 2.24) is 24.6 Å². The number of piperidine rings is 1. The van der Waals surface area contributed by atoms with Crippen molar-refractivity contribution in [3.8, 4) is 5.82 Å². The molecule has 0 unspecified atom stereocenters. The van der Waals surface area contributed by atoms with E-state index >= 15 is 0 Å². The summed E-state index contributed by atoms with van der Waals surface area (Å²) in [6.45, 7) is 10.1. The first-order valence-corrected chi connectivity index (χ1v) is 13.2. The molecule has 3 aliphatic rings. The van der Waals surface area contributed by atoms with Crippen LogP contribution in [0.25, 0.3) is 16.7 Å². The number of hydrogen-bond acceptors (Lipinski definition) is 8. The number of fused-ring (bicyclic) bond motifs is 1. The number of morpholine rings is 1. The molecule has 192 valence electrons. The lowest BCUT2D eigenvalue weighted by atomic mass is 9.86. The summed E-state index contributed by atoms with van der Waals surface area (Å²) in [6, 6.07) is 7.21. The van der Waals surface area contributed by atoms with Gasteiger partial charge in [0.15, 0.2) is 5.82 Å². The molecule has 0 radical (unpaired) electrons. The molecule has 0 amide bonds. The summed E-state index contributed by atoms with van der Waals surface area (Å²) in [4.78, 5) is 14.2. The third kappa shape index (κ3) is 4.61. The number of rotatable bonds is 5. The maximum atomic E-state index is 9.55. The van der Waals surface area contributed by atoms with E-state index in [0.717, 1.165) is 55.4 Å². The number of aliphatic hydroxyl groups is 1. The molecule has 2 atom stereocenters. The van der Waals surface area contributed by atoms with Crippen LogP contribution in [0, 0.1) is 13.8 Å². The summed E-state index contributed by atoms with van der Waals surface area (Å²) in [7, 11) is 0. The number of benzene rings is 1. The quantitative estimate of drug-likeness (QED) is 0.582. The van der Waals surface area contributed by atoms with Crippen molar-refractivity contribution in [1.29, 1.82) is 0 Å². The minimum absolute atomic E-state index is 0.00665. The average Bonchev–Trinajstić information content (AvgIpc) is 3.58. The number of aryl methyl sites for hydroxylation is 2. The minimum atomic E-state index is -0.193. The molecule has 3 aliphatic heterocycles. The van der Waals surface area contributed by atoms with E-state index in [0.29, 0.717) is 30.9 Å². The van der Waals surface area contributed by atoms with Crippen LogP contribution in [0.2, 0.25) is 0 Å². The van der Waals surface area contributed by atoms with E-state index in [1.165, 1.54) is 30.4 Å². The number of likely N-dealkylation sites (tertiary alicyclic amines) is 1. The standard InChI is InChI=1S/C27H36N6O3/c1-18-11-21-14-28-33(27-13-26(29-19(2)30-27)32-8-10-36-23(15-32)16-34)25(21)12-24(18)20-3-6-31(7-4-20)22-5-9-35-17-22/h11-14,20,22-23,34H,3-10,15-17H2,1-2H3/t22-,23+/m0/s1. The topological polar surface area (TPSA) is 88.8 Å². The van der Waals surface area contributed by atoms with Crippen LogP contribution < -0.4 is 4.90 Å². The van der Waals surface area contributed by atoms with Gasteiger partial charge in [0.25, 0.3) is 0 Å². The van der Waals surface area contributed by atoms with Crippen LogP contribution in [0.5, 0.6) is 0 Å². The molecule has 0 aliphatic carbocycles. The normalized spacial score (nSPS) is 24.1. The van der Waals surface area contributed by atoms with Gasteiger partial charge >= 0.3 is 0 Å². The van der Waals surface area contributed by atoms with Gasteiger partial charge in [-0.1, -0.05) is 0 Å². The van der Waals surface area contributed by atoms with Gasteiger partial charge in [-0.05, 0) is 75.4 Å². The van der Waals surface area contributed by atoms with Crippen molar-refractivity contribution in [2.45, 2.75) is 51.2 Å². The lowest BCUT2D eigenvalue weighted by Gasteiger charge is -2.36. The lowest BCUT2D eigenvalue weighted by molar-refractivity contribution is 0.00335. The molecule has 3 fully saturated rings. The predicted molar refractivity (Wildman–Crippen MR) is 138 cm³/mol. The van der Waals surface area contributed by atoms with Gasteiger partial charge in [-0.2, -0.15) is 5.10 Å². The molecule has 1 aromatic carbocycles. The van der Waals surface area contributed by atoms with Gasteiger partial charge in [0.05, 0.1) is 37.6 Å². The molecule has 0 bridgehead atoms. The van der Waals surface area contributed by atoms with E-state index in [9.17, 15) is 5.11 Å². The first-order valence-electron chi connectivity index (χ1n) is 13.2. The van der Waals surface area contributed by atoms with Crippen LogP contribution in [0.15, 0.2) is 24.4 Å². The van der Waals surface area contributed by atoms with Crippen LogP contribution in [0.3, 0.4) is 0 Å². The van der Waals surface area contributed by atoms with E-state index in [1.807, 2.05) is 23.9 Å². The molecule has 9 heteroatoms. The molecule has 2 aromatic heterocycles. The van der Waals surface area contributed by atoms with E-state index in [4.69, 9.17) is 19.6 Å². The van der Waals surface area contributed by atoms with Crippen molar-refractivity contribution in [2.75, 3.05) is 57.5 Å². The molecule has 6 rings (SSSR count). The van der Waals surface area contributed by atoms with E-state index in [2.05, 4.69) is 33.8 Å². The fourth-order valence-electron chi connectivity index (χ4n) is 6.06. The highest BCUT2D eigenvalue weighted by Gasteiger charge is 2.29. The number of aromatic nitrogens is 4. The molecular formula is C27H36N6O3. The van der Waals surface area contributed by atoms with Gasteiger partial charge in [0.2, 0.25) is 0 Å². The highest BCUT2D eigenvalue weighted by molar-refractivity contribution is 5.82. The zero-order chi connectivity index (χ0) is 24.6. The number of anilines is 1. The predicted octanol–water partition coefficient (Wildman–Crippen LogP) is 2.60. The third-order valence-electron chi connectivity index (χ3n) is 8.04. The second-order valence-corrected chi connectivity index (χ2v) is 10.4. The molecule has 0 spiro atoms. The third-order valence-corrected chi connectivity index (χ3v) is 8.04. The number of hydrogen-bond donors (Lipinski definition) is 1. The molecule has 36 heavy (non-hydrogen) atoms. The van der Waals surface area contributed by atoms with Crippen LogP contribution >= 0.6 is 0 Å². The molecule has 5 heterocycles. The van der Waals surface area contributed by atoms with Crippen molar-refractivity contribution in [3.63, 3.8) is 0 Å². The van der Waals surface area contributed by atoms with E-state index in [1.54, 1.807) is 0 Å². The van der Waals surface area contributed by atoms with Gasteiger partial charge < -0.3 is 19.5 Å². The zero-order valence-corrected chi connectivity index (χ0v) is 21.3. The highest BCUT2D eigenvalue weighted by Crippen LogP contribution is 2.34. The summed E-state index contributed by atoms with van der Waals surface area (Å²) in [5.74, 6) is 2.88. The van der Waals surface area contributed by atoms with Crippen LogP contribution in [-0.2, 0) is 9.47 Å². The summed E-state index contributed by atoms with van der Waals surface area (Å²) >= 11 is 0. The average molecular weight is 493 g/mol. The Balaban J connectivity index is 1.28. The monoisotopic (exact) mass is 492 g/mol. The van der Waals surface area contributed by atoms with Crippen LogP contribution in [-0.4, -0.2) is 94.5 Å². The molecule has 3 saturated heterocycles. The molecule has 9 nitrogen and oxygen atoms in total. The second-order valence-electron chi connectivity index (χ2n) is 10.4. The summed E-state index contributed by atoms with van der Waals surface area (Å²) in [6.07, 6.45) is 5.26. The minimum Gasteiger partial charge on any atom is -0.394 e. The van der Waals surface area contributed by atoms with E-state index in [-0.39, 0.29) is 12.7 Å². The first kappa shape index (κ1) is 23.8. The first-order chi connectivity index (χ1) is 17.6. The fourth-order valence-corrected chi connectivity index (χ4v) is 6.06. The van der Waals surface area contributed by atoms with Crippen molar-refractivity contribution in [2.24, 2.45) is 0 Å². The fraction of sp³-hybridized carbons (Fsp3) is 0.593. The Morgan fingerprint density at radius 1 is 1.00 bits per heavy atom. The summed E-state index contributed by atoms with van der Waals surface area (Å²) < 4.78 is 13.2. The molecule has 3 aromatic rings. The number of ether oxygens (including phenoxy) is 2. The van der Waals surface area contributed by atoms with Crippen LogP contribution in [0.1, 0.15) is 42.1 Å². The summed E-state index contributed by atoms with van der Waals surface area (Å²) in [5, 5.41) is 15.4. The molecule has 1 N–H and O–H groups in total. The van der Waals surface area contributed by atoms with Crippen LogP contribution in [0.4, 0.5) is 5.82 Å². The largest absolute Gasteiger partial charge is 0.394 e. The van der Waals surface area contributed by atoms with E-state index < -0.39 is 0 Å². The smallest absolute Gasteiger partial charge is 0.159 e. The van der Waals surface area contributed by atoms with Crippen molar-refractivity contribution < 1.29 is 14.6 Å². The molecule has 0 saturated carbocycles. The van der Waals surface area contributed by atoms with Gasteiger partial charge in [-0.25, -0.2) is 14.6 Å². The van der Waals surface area contributed by atoms with Gasteiger partial charge in [0.1, 0.15) is 11.6 Å². The van der Waals surface area contributed by atoms with Gasteiger partial charge in [-0.3, -0.25) is 4.90 Å². The summed E-state index contributed by atoms with van der Waals surface area (Å²) in [5.41, 5.74) is 3.85. The number of nitrogens with zero attached hydrogens (tertiary/aromatic N) is 6. The maximum Gasteiger partial charge on any atom is 0.159 e. The SMILES string of the molecule is Cc1nc(N2CCO[C@@H](CO)C2)cc(-n2ncc3cc(C)c(C4CCN([C@H]5CCOC5)CC4)cc32)n1. The van der Waals surface area contributed by atoms with Gasteiger partial charge in [0, 0.05) is 37.2 Å². The highest BCUT2D eigenvalue weighted by atomic mass is 16.5. The Morgan fingerprint density at radius 2 is 1.83 bits per heavy atom. The lowest BCUT2D eigenvalue weighted by Crippen LogP contribution is -2.44. The number of aliphatic hydroxyl groups excluding tert-OH is 1.